The highest BCUT2D eigenvalue weighted by molar-refractivity contribution is 6.05. The third kappa shape index (κ3) is 2.95. The van der Waals surface area contributed by atoms with Gasteiger partial charge in [0.05, 0.1) is 0 Å². The fourth-order valence-corrected chi connectivity index (χ4v) is 4.42. The summed E-state index contributed by atoms with van der Waals surface area (Å²) in [5.41, 5.74) is 8.60. The van der Waals surface area contributed by atoms with Crippen LogP contribution in [0.4, 0.5) is 0 Å². The molecule has 0 spiro atoms. The Labute approximate surface area is 158 Å². The van der Waals surface area contributed by atoms with Crippen LogP contribution in [0.1, 0.15) is 48.2 Å². The standard InChI is InChI=1S/C20H26N4O3/c1-20(2)14(8-21)11-23(20)9-12-3-4-13-10-24(19(27)15(13)7-12)16-5-6-17(25)22-18(16)26/h3-4,7,14,16H,5-6,8-11,21H2,1-2H3,(H,22,25,26). The lowest BCUT2D eigenvalue weighted by Gasteiger charge is -2.55. The molecular weight excluding hydrogens is 344 g/mol. The largest absolute Gasteiger partial charge is 0.330 e. The Morgan fingerprint density at radius 1 is 1.26 bits per heavy atom. The van der Waals surface area contributed by atoms with Crippen LogP contribution in [0.5, 0.6) is 0 Å². The number of nitrogens with two attached hydrogens (primary N) is 1. The number of fused-ring (bicyclic) bond motifs is 1. The van der Waals surface area contributed by atoms with Crippen LogP contribution in [0.3, 0.4) is 0 Å². The van der Waals surface area contributed by atoms with Gasteiger partial charge in [-0.25, -0.2) is 0 Å². The quantitative estimate of drug-likeness (QED) is 0.758. The lowest BCUT2D eigenvalue weighted by atomic mass is 9.76. The van der Waals surface area contributed by atoms with Gasteiger partial charge in [-0.1, -0.05) is 12.1 Å². The Bertz CT molecular complexity index is 819. The minimum absolute atomic E-state index is 0.0660. The summed E-state index contributed by atoms with van der Waals surface area (Å²) in [6.45, 7) is 7.27. The molecule has 3 heterocycles. The molecular formula is C20H26N4O3. The second-order valence-corrected chi connectivity index (χ2v) is 8.36. The summed E-state index contributed by atoms with van der Waals surface area (Å²) in [5.74, 6) is -0.265. The topological polar surface area (TPSA) is 95.7 Å². The molecule has 2 unspecified atom stereocenters. The predicted molar refractivity (Wildman–Crippen MR) is 99.5 cm³/mol. The summed E-state index contributed by atoms with van der Waals surface area (Å²) in [7, 11) is 0. The Morgan fingerprint density at radius 3 is 2.70 bits per heavy atom. The summed E-state index contributed by atoms with van der Waals surface area (Å²) in [6, 6.07) is 5.44. The van der Waals surface area contributed by atoms with Gasteiger partial charge in [0.15, 0.2) is 0 Å². The van der Waals surface area contributed by atoms with Crippen molar-refractivity contribution >= 4 is 17.7 Å². The number of imide groups is 1. The van der Waals surface area contributed by atoms with Gasteiger partial charge in [0.25, 0.3) is 5.91 Å². The minimum atomic E-state index is -0.564. The molecule has 7 nitrogen and oxygen atoms in total. The number of piperidine rings is 1. The number of rotatable bonds is 4. The average Bonchev–Trinajstić information content (AvgIpc) is 2.94. The Kier molecular flexibility index (Phi) is 4.31. The molecule has 0 bridgehead atoms. The summed E-state index contributed by atoms with van der Waals surface area (Å²) in [5, 5.41) is 2.34. The van der Waals surface area contributed by atoms with Crippen LogP contribution >= 0.6 is 0 Å². The fraction of sp³-hybridized carbons (Fsp3) is 0.550. The van der Waals surface area contributed by atoms with Crippen LogP contribution in [0.2, 0.25) is 0 Å². The zero-order chi connectivity index (χ0) is 19.3. The van der Waals surface area contributed by atoms with E-state index in [4.69, 9.17) is 5.73 Å². The molecule has 144 valence electrons. The second-order valence-electron chi connectivity index (χ2n) is 8.36. The summed E-state index contributed by atoms with van der Waals surface area (Å²) >= 11 is 0. The summed E-state index contributed by atoms with van der Waals surface area (Å²) in [4.78, 5) is 40.4. The lowest BCUT2D eigenvalue weighted by Crippen LogP contribution is -2.65. The molecule has 1 aromatic rings. The number of likely N-dealkylation sites (tertiary alicyclic amines) is 1. The Morgan fingerprint density at radius 2 is 2.04 bits per heavy atom. The van der Waals surface area contributed by atoms with E-state index in [-0.39, 0.29) is 29.7 Å². The average molecular weight is 370 g/mol. The lowest BCUT2D eigenvalue weighted by molar-refractivity contribution is -0.136. The molecule has 2 atom stereocenters. The van der Waals surface area contributed by atoms with E-state index in [0.717, 1.165) is 24.2 Å². The highest BCUT2D eigenvalue weighted by Crippen LogP contribution is 2.37. The zero-order valence-corrected chi connectivity index (χ0v) is 15.8. The molecule has 2 fully saturated rings. The van der Waals surface area contributed by atoms with Crippen molar-refractivity contribution in [3.63, 3.8) is 0 Å². The third-order valence-electron chi connectivity index (χ3n) is 6.51. The van der Waals surface area contributed by atoms with E-state index < -0.39 is 6.04 Å². The maximum atomic E-state index is 12.9. The number of amides is 3. The number of carbonyl (C=O) groups excluding carboxylic acids is 3. The smallest absolute Gasteiger partial charge is 0.255 e. The van der Waals surface area contributed by atoms with Gasteiger partial charge in [-0.15, -0.1) is 0 Å². The van der Waals surface area contributed by atoms with Crippen LogP contribution in [0.25, 0.3) is 0 Å². The van der Waals surface area contributed by atoms with Gasteiger partial charge in [0.2, 0.25) is 11.8 Å². The van der Waals surface area contributed by atoms with Crippen LogP contribution < -0.4 is 11.1 Å². The predicted octanol–water partition coefficient (Wildman–Crippen LogP) is 0.617. The van der Waals surface area contributed by atoms with Crippen LogP contribution in [0.15, 0.2) is 18.2 Å². The van der Waals surface area contributed by atoms with Crippen molar-refractivity contribution in [1.29, 1.82) is 0 Å². The molecule has 7 heteroatoms. The molecule has 3 amide bonds. The van der Waals surface area contributed by atoms with E-state index in [2.05, 4.69) is 30.1 Å². The Balaban J connectivity index is 1.49. The van der Waals surface area contributed by atoms with Crippen molar-refractivity contribution in [3.05, 3.63) is 34.9 Å². The number of carbonyl (C=O) groups is 3. The van der Waals surface area contributed by atoms with Crippen LogP contribution in [-0.4, -0.2) is 52.2 Å². The molecule has 27 heavy (non-hydrogen) atoms. The summed E-state index contributed by atoms with van der Waals surface area (Å²) < 4.78 is 0. The first kappa shape index (κ1) is 18.1. The maximum absolute atomic E-state index is 12.9. The molecule has 0 radical (unpaired) electrons. The number of hydrogen-bond donors (Lipinski definition) is 2. The minimum Gasteiger partial charge on any atom is -0.330 e. The van der Waals surface area contributed by atoms with Crippen molar-refractivity contribution < 1.29 is 14.4 Å². The molecule has 2 saturated heterocycles. The van der Waals surface area contributed by atoms with E-state index in [9.17, 15) is 14.4 Å². The highest BCUT2D eigenvalue weighted by atomic mass is 16.2. The first-order valence-electron chi connectivity index (χ1n) is 9.53. The van der Waals surface area contributed by atoms with Crippen molar-refractivity contribution in [2.24, 2.45) is 11.7 Å². The van der Waals surface area contributed by atoms with Crippen molar-refractivity contribution in [1.82, 2.24) is 15.1 Å². The van der Waals surface area contributed by atoms with Gasteiger partial charge in [0, 0.05) is 43.1 Å². The molecule has 0 saturated carbocycles. The van der Waals surface area contributed by atoms with Crippen molar-refractivity contribution in [2.45, 2.75) is 51.4 Å². The molecule has 3 aliphatic heterocycles. The van der Waals surface area contributed by atoms with Crippen LogP contribution in [-0.2, 0) is 22.7 Å². The first-order valence-corrected chi connectivity index (χ1v) is 9.53. The SMILES string of the molecule is CC1(C)C(CN)CN1Cc1ccc2c(c1)C(=O)N(C1CCC(=O)NC1=O)C2. The van der Waals surface area contributed by atoms with Crippen molar-refractivity contribution in [3.8, 4) is 0 Å². The van der Waals surface area contributed by atoms with E-state index in [0.29, 0.717) is 31.0 Å². The molecule has 3 aliphatic rings. The van der Waals surface area contributed by atoms with Crippen LogP contribution in [0, 0.1) is 5.92 Å². The van der Waals surface area contributed by atoms with E-state index >= 15 is 0 Å². The fourth-order valence-electron chi connectivity index (χ4n) is 4.42. The normalized spacial score (nSPS) is 27.4. The van der Waals surface area contributed by atoms with E-state index in [1.165, 1.54) is 0 Å². The molecule has 0 aromatic heterocycles. The second kappa shape index (κ2) is 6.42. The van der Waals surface area contributed by atoms with Gasteiger partial charge in [0.1, 0.15) is 6.04 Å². The van der Waals surface area contributed by atoms with Gasteiger partial charge < -0.3 is 10.6 Å². The number of hydrogen-bond acceptors (Lipinski definition) is 5. The summed E-state index contributed by atoms with van der Waals surface area (Å²) in [6.07, 6.45) is 0.661. The monoisotopic (exact) mass is 370 g/mol. The zero-order valence-electron chi connectivity index (χ0n) is 15.8. The maximum Gasteiger partial charge on any atom is 0.255 e. The Hall–Kier alpha value is -2.25. The number of benzene rings is 1. The van der Waals surface area contributed by atoms with Gasteiger partial charge in [-0.3, -0.25) is 24.6 Å². The first-order chi connectivity index (χ1) is 12.8. The van der Waals surface area contributed by atoms with Crippen molar-refractivity contribution in [2.75, 3.05) is 13.1 Å². The highest BCUT2D eigenvalue weighted by Gasteiger charge is 2.45. The van der Waals surface area contributed by atoms with Gasteiger partial charge in [-0.2, -0.15) is 0 Å². The van der Waals surface area contributed by atoms with Gasteiger partial charge in [-0.05, 0) is 44.0 Å². The number of nitrogens with zero attached hydrogens (tertiary/aromatic N) is 2. The molecule has 1 aromatic carbocycles. The molecule has 3 N–H and O–H groups in total. The molecule has 4 rings (SSSR count). The van der Waals surface area contributed by atoms with E-state index in [1.807, 2.05) is 12.1 Å². The third-order valence-corrected chi connectivity index (χ3v) is 6.51. The number of nitrogens with one attached hydrogen (secondary N) is 1. The molecule has 0 aliphatic carbocycles. The van der Waals surface area contributed by atoms with Gasteiger partial charge >= 0.3 is 0 Å². The van der Waals surface area contributed by atoms with E-state index in [1.54, 1.807) is 4.90 Å².